The van der Waals surface area contributed by atoms with Gasteiger partial charge in [0, 0.05) is 25.1 Å². The fraction of sp³-hybridized carbons (Fsp3) is 0.500. The fourth-order valence-electron chi connectivity index (χ4n) is 3.73. The monoisotopic (exact) mass is 516 g/mol. The maximum atomic E-state index is 13.2. The normalized spacial score (nSPS) is 12.8. The van der Waals surface area contributed by atoms with E-state index in [9.17, 15) is 19.0 Å². The van der Waals surface area contributed by atoms with Crippen molar-refractivity contribution in [3.05, 3.63) is 65.2 Å². The Bertz CT molecular complexity index is 1040. The summed E-state index contributed by atoms with van der Waals surface area (Å²) in [5.41, 5.74) is 3.68. The molecule has 0 saturated carbocycles. The number of amides is 2. The number of aryl methyl sites for hydroxylation is 2. The van der Waals surface area contributed by atoms with Gasteiger partial charge in [0.2, 0.25) is 11.8 Å². The number of hydrogen-bond donors (Lipinski definition) is 2. The third-order valence-corrected chi connectivity index (χ3v) is 8.04. The van der Waals surface area contributed by atoms with E-state index in [1.54, 1.807) is 18.7 Å². The molecule has 0 spiro atoms. The van der Waals surface area contributed by atoms with Crippen molar-refractivity contribution in [2.75, 3.05) is 18.1 Å². The Kier molecular flexibility index (Phi) is 12.3. The van der Waals surface area contributed by atoms with Crippen molar-refractivity contribution in [1.29, 1.82) is 0 Å². The summed E-state index contributed by atoms with van der Waals surface area (Å²) < 4.78 is 16.8. The number of carbonyl (C=O) groups is 2. The van der Waals surface area contributed by atoms with Crippen molar-refractivity contribution >= 4 is 25.1 Å². The standard InChI is InChI=1S/C28H41N2O5P/c1-22(2)36(33,34)35-20-12-6-5-11-19-29-27(31)17-18-28(32)30(26-16-10-8-14-24(26)4)21-25-15-9-7-13-23(25)3/h7-10,13-16,22H,5-6,11-12,17-21H2,1-4H3,(H,29,31)(H,33,34). The van der Waals surface area contributed by atoms with Crippen LogP contribution in [-0.4, -0.2) is 35.5 Å². The second-order valence-corrected chi connectivity index (χ2v) is 11.9. The summed E-state index contributed by atoms with van der Waals surface area (Å²) in [5, 5.41) is 2.89. The molecule has 0 bridgehead atoms. The number of rotatable bonds is 15. The minimum atomic E-state index is -3.50. The Morgan fingerprint density at radius 3 is 2.25 bits per heavy atom. The molecule has 36 heavy (non-hydrogen) atoms. The predicted octanol–water partition coefficient (Wildman–Crippen LogP) is 5.90. The second kappa shape index (κ2) is 14.9. The smallest absolute Gasteiger partial charge is 0.330 e. The molecule has 198 valence electrons. The molecule has 2 aromatic carbocycles. The van der Waals surface area contributed by atoms with Crippen LogP contribution in [0.3, 0.4) is 0 Å². The van der Waals surface area contributed by atoms with Gasteiger partial charge in [-0.15, -0.1) is 0 Å². The van der Waals surface area contributed by atoms with Crippen LogP contribution in [0, 0.1) is 13.8 Å². The molecule has 2 amide bonds. The molecule has 0 radical (unpaired) electrons. The lowest BCUT2D eigenvalue weighted by Gasteiger charge is -2.25. The summed E-state index contributed by atoms with van der Waals surface area (Å²) in [7, 11) is -3.50. The molecule has 0 aliphatic rings. The van der Waals surface area contributed by atoms with E-state index in [0.29, 0.717) is 19.5 Å². The van der Waals surface area contributed by atoms with Crippen molar-refractivity contribution in [2.24, 2.45) is 0 Å². The second-order valence-electron chi connectivity index (χ2n) is 9.45. The van der Waals surface area contributed by atoms with Crippen LogP contribution >= 0.6 is 7.60 Å². The largest absolute Gasteiger partial charge is 0.356 e. The summed E-state index contributed by atoms with van der Waals surface area (Å²) in [6.45, 7) is 8.63. The number of carbonyl (C=O) groups excluding carboxylic acids is 2. The molecule has 0 fully saturated rings. The Morgan fingerprint density at radius 2 is 1.58 bits per heavy atom. The fourth-order valence-corrected chi connectivity index (χ4v) is 4.42. The number of para-hydroxylation sites is 1. The number of anilines is 1. The molecular weight excluding hydrogens is 475 g/mol. The van der Waals surface area contributed by atoms with E-state index in [1.807, 2.05) is 62.4 Å². The van der Waals surface area contributed by atoms with Crippen molar-refractivity contribution in [3.63, 3.8) is 0 Å². The van der Waals surface area contributed by atoms with Gasteiger partial charge in [0.25, 0.3) is 0 Å². The van der Waals surface area contributed by atoms with Crippen molar-refractivity contribution in [3.8, 4) is 0 Å². The first-order chi connectivity index (χ1) is 17.1. The number of nitrogens with one attached hydrogen (secondary N) is 1. The Morgan fingerprint density at radius 1 is 0.944 bits per heavy atom. The van der Waals surface area contributed by atoms with Gasteiger partial charge in [-0.05, 0) is 49.4 Å². The van der Waals surface area contributed by atoms with Gasteiger partial charge in [0.1, 0.15) is 0 Å². The lowest BCUT2D eigenvalue weighted by Crippen LogP contribution is -2.33. The van der Waals surface area contributed by atoms with Crippen LogP contribution in [0.2, 0.25) is 0 Å². The van der Waals surface area contributed by atoms with E-state index in [2.05, 4.69) is 5.32 Å². The van der Waals surface area contributed by atoms with Gasteiger partial charge in [-0.3, -0.25) is 14.2 Å². The zero-order chi connectivity index (χ0) is 26.6. The van der Waals surface area contributed by atoms with E-state index in [1.165, 1.54) is 0 Å². The predicted molar refractivity (Wildman–Crippen MR) is 145 cm³/mol. The maximum Gasteiger partial charge on any atom is 0.330 e. The summed E-state index contributed by atoms with van der Waals surface area (Å²) in [6, 6.07) is 15.8. The number of nitrogens with zero attached hydrogens (tertiary/aromatic N) is 1. The molecule has 2 rings (SSSR count). The highest BCUT2D eigenvalue weighted by Gasteiger charge is 2.23. The lowest BCUT2D eigenvalue weighted by molar-refractivity contribution is -0.125. The maximum absolute atomic E-state index is 13.2. The van der Waals surface area contributed by atoms with Crippen molar-refractivity contribution < 1.29 is 23.6 Å². The molecular formula is C28H41N2O5P. The Balaban J connectivity index is 1.76. The summed E-state index contributed by atoms with van der Waals surface area (Å²) in [6.07, 6.45) is 3.54. The van der Waals surface area contributed by atoms with Crippen molar-refractivity contribution in [2.45, 2.75) is 78.4 Å². The molecule has 0 aliphatic heterocycles. The van der Waals surface area contributed by atoms with Crippen LogP contribution in [-0.2, 0) is 25.2 Å². The minimum absolute atomic E-state index is 0.0785. The van der Waals surface area contributed by atoms with Crippen LogP contribution in [0.1, 0.15) is 69.1 Å². The van der Waals surface area contributed by atoms with Gasteiger partial charge in [-0.2, -0.15) is 0 Å². The molecule has 2 N–H and O–H groups in total. The third kappa shape index (κ3) is 9.88. The van der Waals surface area contributed by atoms with Crippen molar-refractivity contribution in [1.82, 2.24) is 5.32 Å². The summed E-state index contributed by atoms with van der Waals surface area (Å²) in [5.74, 6) is -0.212. The van der Waals surface area contributed by atoms with Crippen LogP contribution in [0.15, 0.2) is 48.5 Å². The highest BCUT2D eigenvalue weighted by Crippen LogP contribution is 2.47. The minimum Gasteiger partial charge on any atom is -0.356 e. The van der Waals surface area contributed by atoms with Crippen LogP contribution < -0.4 is 10.2 Å². The quantitative estimate of drug-likeness (QED) is 0.227. The van der Waals surface area contributed by atoms with Gasteiger partial charge in [-0.1, -0.05) is 69.2 Å². The van der Waals surface area contributed by atoms with Crippen LogP contribution in [0.25, 0.3) is 0 Å². The van der Waals surface area contributed by atoms with Gasteiger partial charge in [0.05, 0.1) is 18.8 Å². The average molecular weight is 517 g/mol. The molecule has 0 aromatic heterocycles. The Labute approximate surface area is 215 Å². The van der Waals surface area contributed by atoms with Gasteiger partial charge in [-0.25, -0.2) is 0 Å². The van der Waals surface area contributed by atoms with Gasteiger partial charge >= 0.3 is 7.60 Å². The van der Waals surface area contributed by atoms with Gasteiger partial charge in [0.15, 0.2) is 0 Å². The van der Waals surface area contributed by atoms with E-state index in [0.717, 1.165) is 41.6 Å². The number of hydrogen-bond acceptors (Lipinski definition) is 4. The topological polar surface area (TPSA) is 95.9 Å². The first kappa shape index (κ1) is 29.8. The lowest BCUT2D eigenvalue weighted by atomic mass is 10.1. The zero-order valence-electron chi connectivity index (χ0n) is 22.0. The number of unbranched alkanes of at least 4 members (excludes halogenated alkanes) is 3. The summed E-state index contributed by atoms with van der Waals surface area (Å²) >= 11 is 0. The highest BCUT2D eigenvalue weighted by molar-refractivity contribution is 7.53. The molecule has 2 aromatic rings. The molecule has 0 aliphatic carbocycles. The molecule has 7 nitrogen and oxygen atoms in total. The third-order valence-electron chi connectivity index (χ3n) is 6.19. The summed E-state index contributed by atoms with van der Waals surface area (Å²) in [4.78, 5) is 37.0. The van der Waals surface area contributed by atoms with Gasteiger partial charge < -0.3 is 19.6 Å². The molecule has 0 heterocycles. The van der Waals surface area contributed by atoms with E-state index in [4.69, 9.17) is 4.52 Å². The Hall–Kier alpha value is -2.47. The van der Waals surface area contributed by atoms with E-state index >= 15 is 0 Å². The van der Waals surface area contributed by atoms with E-state index < -0.39 is 13.3 Å². The molecule has 1 unspecified atom stereocenters. The molecule has 1 atom stereocenters. The number of benzene rings is 2. The van der Waals surface area contributed by atoms with Crippen LogP contribution in [0.4, 0.5) is 5.69 Å². The first-order valence-corrected chi connectivity index (χ1v) is 14.4. The average Bonchev–Trinajstić information content (AvgIpc) is 2.84. The zero-order valence-corrected chi connectivity index (χ0v) is 22.9. The first-order valence-electron chi connectivity index (χ1n) is 12.8. The SMILES string of the molecule is Cc1ccccc1CN(C(=O)CCC(=O)NCCCCCCOP(=O)(O)C(C)C)c1ccccc1C. The highest BCUT2D eigenvalue weighted by atomic mass is 31.2. The molecule has 8 heteroatoms. The molecule has 0 saturated heterocycles. The van der Waals surface area contributed by atoms with E-state index in [-0.39, 0.29) is 31.3 Å². The van der Waals surface area contributed by atoms with Crippen LogP contribution in [0.5, 0.6) is 0 Å².